The maximum absolute atomic E-state index is 12.7. The third-order valence-corrected chi connectivity index (χ3v) is 5.54. The number of Topliss-reactive ketones (excluding diaryl/α,β-unsaturated/α-hetero) is 1. The van der Waals surface area contributed by atoms with Gasteiger partial charge in [0.25, 0.3) is 0 Å². The van der Waals surface area contributed by atoms with E-state index in [0.717, 1.165) is 0 Å². The first-order chi connectivity index (χ1) is 8.99. The zero-order valence-corrected chi connectivity index (χ0v) is 11.6. The van der Waals surface area contributed by atoms with Crippen LogP contribution in [0.2, 0.25) is 0 Å². The van der Waals surface area contributed by atoms with Crippen LogP contribution in [0.3, 0.4) is 0 Å². The van der Waals surface area contributed by atoms with Crippen molar-refractivity contribution < 1.29 is 4.79 Å². The Kier molecular flexibility index (Phi) is 1.83. The van der Waals surface area contributed by atoms with Crippen LogP contribution in [0.5, 0.6) is 0 Å². The van der Waals surface area contributed by atoms with Gasteiger partial charge in [-0.1, -0.05) is 55.0 Å². The second-order valence-electron chi connectivity index (χ2n) is 6.67. The Morgan fingerprint density at radius 1 is 1.11 bits per heavy atom. The molecule has 5 rings (SSSR count). The van der Waals surface area contributed by atoms with E-state index in [2.05, 4.69) is 57.2 Å². The van der Waals surface area contributed by atoms with Gasteiger partial charge in [0, 0.05) is 17.3 Å². The third-order valence-electron chi connectivity index (χ3n) is 5.54. The Labute approximate surface area is 114 Å². The monoisotopic (exact) mass is 250 g/mol. The summed E-state index contributed by atoms with van der Waals surface area (Å²) in [5.41, 5.74) is 3.50. The predicted octanol–water partition coefficient (Wildman–Crippen LogP) is 3.87. The molecule has 4 aliphatic carbocycles. The van der Waals surface area contributed by atoms with Crippen molar-refractivity contribution in [2.75, 3.05) is 0 Å². The third kappa shape index (κ3) is 1.10. The molecule has 0 spiro atoms. The maximum atomic E-state index is 12.7. The van der Waals surface area contributed by atoms with Crippen molar-refractivity contribution in [3.8, 4) is 0 Å². The molecule has 1 aromatic carbocycles. The quantitative estimate of drug-likeness (QED) is 0.691. The van der Waals surface area contributed by atoms with E-state index in [0.29, 0.717) is 17.6 Å². The molecule has 4 bridgehead atoms. The highest BCUT2D eigenvalue weighted by Gasteiger charge is 2.79. The number of ketones is 1. The molecule has 1 aromatic rings. The molecule has 0 saturated heterocycles. The van der Waals surface area contributed by atoms with Gasteiger partial charge in [0.1, 0.15) is 0 Å². The second-order valence-corrected chi connectivity index (χ2v) is 6.67. The number of carbonyl (C=O) groups excluding carboxylic acids is 1. The van der Waals surface area contributed by atoms with E-state index in [9.17, 15) is 4.79 Å². The molecule has 0 aromatic heterocycles. The topological polar surface area (TPSA) is 17.1 Å². The van der Waals surface area contributed by atoms with Crippen LogP contribution in [0, 0.1) is 22.7 Å². The Morgan fingerprint density at radius 2 is 1.79 bits per heavy atom. The van der Waals surface area contributed by atoms with Gasteiger partial charge in [-0.3, -0.25) is 4.79 Å². The minimum atomic E-state index is -0.353. The highest BCUT2D eigenvalue weighted by atomic mass is 16.1. The van der Waals surface area contributed by atoms with Gasteiger partial charge in [-0.15, -0.1) is 0 Å². The SMILES string of the molecule is CC1=CC2(C)C(=O)C3(C)C1C3/C2=C/c1ccccc1. The van der Waals surface area contributed by atoms with Crippen molar-refractivity contribution in [3.63, 3.8) is 0 Å². The lowest BCUT2D eigenvalue weighted by molar-refractivity contribution is -0.128. The Morgan fingerprint density at radius 3 is 2.42 bits per heavy atom. The van der Waals surface area contributed by atoms with Gasteiger partial charge in [0.2, 0.25) is 0 Å². The van der Waals surface area contributed by atoms with E-state index in [1.807, 2.05) is 6.07 Å². The van der Waals surface area contributed by atoms with E-state index < -0.39 is 0 Å². The molecule has 0 radical (unpaired) electrons. The van der Waals surface area contributed by atoms with E-state index in [4.69, 9.17) is 0 Å². The molecule has 1 heteroatoms. The molecule has 0 N–H and O–H groups in total. The van der Waals surface area contributed by atoms with Crippen LogP contribution in [0.1, 0.15) is 26.3 Å². The summed E-state index contributed by atoms with van der Waals surface area (Å²) in [5.74, 6) is 1.36. The van der Waals surface area contributed by atoms with Gasteiger partial charge in [0.15, 0.2) is 5.78 Å². The van der Waals surface area contributed by atoms with Crippen molar-refractivity contribution in [1.82, 2.24) is 0 Å². The van der Waals surface area contributed by atoms with Gasteiger partial charge in [0.05, 0.1) is 5.41 Å². The average Bonchev–Trinajstić information content (AvgIpc) is 2.99. The van der Waals surface area contributed by atoms with E-state index in [-0.39, 0.29) is 10.8 Å². The molecule has 96 valence electrons. The second kappa shape index (κ2) is 3.09. The summed E-state index contributed by atoms with van der Waals surface area (Å²) in [4.78, 5) is 12.7. The van der Waals surface area contributed by atoms with Crippen LogP contribution < -0.4 is 0 Å². The van der Waals surface area contributed by atoms with Crippen LogP contribution in [-0.4, -0.2) is 5.78 Å². The molecule has 4 atom stereocenters. The number of hydrogen-bond acceptors (Lipinski definition) is 1. The zero-order valence-electron chi connectivity index (χ0n) is 11.6. The molecule has 2 saturated carbocycles. The summed E-state index contributed by atoms with van der Waals surface area (Å²) in [5, 5.41) is 0. The summed E-state index contributed by atoms with van der Waals surface area (Å²) in [7, 11) is 0. The first-order valence-corrected chi connectivity index (χ1v) is 7.01. The molecular formula is C18H18O. The normalized spacial score (nSPS) is 44.5. The molecule has 0 heterocycles. The molecular weight excluding hydrogens is 232 g/mol. The average molecular weight is 250 g/mol. The van der Waals surface area contributed by atoms with Crippen LogP contribution in [-0.2, 0) is 4.79 Å². The summed E-state index contributed by atoms with van der Waals surface area (Å²) >= 11 is 0. The summed E-state index contributed by atoms with van der Waals surface area (Å²) in [6.45, 7) is 6.44. The van der Waals surface area contributed by atoms with E-state index >= 15 is 0 Å². The highest BCUT2D eigenvalue weighted by molar-refractivity contribution is 6.06. The van der Waals surface area contributed by atoms with Gasteiger partial charge in [-0.05, 0) is 25.0 Å². The fourth-order valence-electron chi connectivity index (χ4n) is 4.71. The maximum Gasteiger partial charge on any atom is 0.153 e. The molecule has 4 unspecified atom stereocenters. The van der Waals surface area contributed by atoms with Crippen molar-refractivity contribution in [2.45, 2.75) is 20.8 Å². The van der Waals surface area contributed by atoms with Gasteiger partial charge in [-0.25, -0.2) is 0 Å². The predicted molar refractivity (Wildman–Crippen MR) is 76.4 cm³/mol. The first kappa shape index (κ1) is 11.2. The lowest BCUT2D eigenvalue weighted by Crippen LogP contribution is -2.34. The van der Waals surface area contributed by atoms with Crippen LogP contribution in [0.15, 0.2) is 47.6 Å². The molecule has 4 aliphatic rings. The number of carbonyl (C=O) groups is 1. The minimum Gasteiger partial charge on any atom is -0.298 e. The van der Waals surface area contributed by atoms with Crippen molar-refractivity contribution in [3.05, 3.63) is 53.1 Å². The highest BCUT2D eigenvalue weighted by Crippen LogP contribution is 2.78. The van der Waals surface area contributed by atoms with Gasteiger partial charge in [-0.2, -0.15) is 0 Å². The Balaban J connectivity index is 1.90. The molecule has 0 aliphatic heterocycles. The van der Waals surface area contributed by atoms with Crippen LogP contribution >= 0.6 is 0 Å². The fourth-order valence-corrected chi connectivity index (χ4v) is 4.71. The number of rotatable bonds is 1. The van der Waals surface area contributed by atoms with Gasteiger partial charge >= 0.3 is 0 Å². The van der Waals surface area contributed by atoms with Crippen LogP contribution in [0.25, 0.3) is 6.08 Å². The van der Waals surface area contributed by atoms with Crippen molar-refractivity contribution in [2.24, 2.45) is 22.7 Å². The minimum absolute atomic E-state index is 0.103. The van der Waals surface area contributed by atoms with Gasteiger partial charge < -0.3 is 0 Å². The summed E-state index contributed by atoms with van der Waals surface area (Å²) in [6, 6.07) is 10.4. The molecule has 2 fully saturated rings. The molecule has 0 amide bonds. The molecule has 19 heavy (non-hydrogen) atoms. The summed E-state index contributed by atoms with van der Waals surface area (Å²) < 4.78 is 0. The number of hydrogen-bond donors (Lipinski definition) is 0. The van der Waals surface area contributed by atoms with Crippen LogP contribution in [0.4, 0.5) is 0 Å². The lowest BCUT2D eigenvalue weighted by atomic mass is 9.69. The lowest BCUT2D eigenvalue weighted by Gasteiger charge is -2.33. The van der Waals surface area contributed by atoms with E-state index in [1.54, 1.807) is 0 Å². The largest absolute Gasteiger partial charge is 0.298 e. The zero-order chi connectivity index (χ0) is 13.4. The number of allylic oxidation sites excluding steroid dienone is 3. The first-order valence-electron chi connectivity index (χ1n) is 7.01. The Hall–Kier alpha value is -1.63. The molecule has 1 nitrogen and oxygen atoms in total. The summed E-state index contributed by atoms with van der Waals surface area (Å²) in [6.07, 6.45) is 4.46. The van der Waals surface area contributed by atoms with Crippen molar-refractivity contribution in [1.29, 1.82) is 0 Å². The standard InChI is InChI=1S/C18H18O/c1-11-10-17(2)13(9-12-7-5-4-6-8-12)15-14(11)18(15,3)16(17)19/h4-10,14-15H,1-3H3/b13-9-. The van der Waals surface area contributed by atoms with Crippen molar-refractivity contribution >= 4 is 11.9 Å². The number of benzene rings is 1. The van der Waals surface area contributed by atoms with E-state index in [1.165, 1.54) is 16.7 Å². The smallest absolute Gasteiger partial charge is 0.153 e. The Bertz CT molecular complexity index is 652. The fraction of sp³-hybridized carbons (Fsp3) is 0.389.